The molecule has 0 aliphatic carbocycles. The maximum absolute atomic E-state index is 12.8. The number of hydrogen-bond donors (Lipinski definition) is 0. The normalized spacial score (nSPS) is 12.5. The first-order chi connectivity index (χ1) is 13.2. The monoisotopic (exact) mass is 380 g/mol. The summed E-state index contributed by atoms with van der Waals surface area (Å²) in [6.45, 7) is 0.420. The van der Waals surface area contributed by atoms with Crippen molar-refractivity contribution in [3.05, 3.63) is 88.9 Å². The van der Waals surface area contributed by atoms with Crippen LogP contribution in [0.3, 0.4) is 0 Å². The van der Waals surface area contributed by atoms with Crippen molar-refractivity contribution in [2.24, 2.45) is 0 Å². The Bertz CT molecular complexity index is 907. The van der Waals surface area contributed by atoms with E-state index in [4.69, 9.17) is 25.8 Å². The van der Waals surface area contributed by atoms with Gasteiger partial charge in [-0.25, -0.2) is 0 Å². The Morgan fingerprint density at radius 3 is 2.07 bits per heavy atom. The van der Waals surface area contributed by atoms with Crippen LogP contribution < -0.4 is 9.47 Å². The highest BCUT2D eigenvalue weighted by Gasteiger charge is 2.33. The van der Waals surface area contributed by atoms with Gasteiger partial charge in [0.05, 0.1) is 0 Å². The second-order valence-corrected chi connectivity index (χ2v) is 6.52. The molecule has 3 aromatic carbocycles. The van der Waals surface area contributed by atoms with Crippen LogP contribution in [0.1, 0.15) is 17.0 Å². The fraction of sp³-hybridized carbons (Fsp3) is 0.136. The van der Waals surface area contributed by atoms with Crippen molar-refractivity contribution in [1.82, 2.24) is 0 Å². The van der Waals surface area contributed by atoms with Crippen molar-refractivity contribution in [3.63, 3.8) is 0 Å². The van der Waals surface area contributed by atoms with Crippen molar-refractivity contribution in [3.8, 4) is 17.2 Å². The van der Waals surface area contributed by atoms with Crippen LogP contribution >= 0.6 is 11.6 Å². The fourth-order valence-electron chi connectivity index (χ4n) is 3.08. The maximum Gasteiger partial charge on any atom is 0.318 e. The van der Waals surface area contributed by atoms with Crippen molar-refractivity contribution >= 4 is 17.6 Å². The van der Waals surface area contributed by atoms with Gasteiger partial charge in [0.15, 0.2) is 0 Å². The van der Waals surface area contributed by atoms with Crippen molar-refractivity contribution in [1.29, 1.82) is 0 Å². The SMILES string of the molecule is O=C(OCCOc1ccc(Cl)cc1)C1c2ccccc2Oc2ccccc21. The Labute approximate surface area is 162 Å². The number of halogens is 1. The molecular formula is C22H17ClO4. The molecule has 0 spiro atoms. The molecule has 1 heterocycles. The van der Waals surface area contributed by atoms with E-state index in [-0.39, 0.29) is 19.2 Å². The minimum absolute atomic E-state index is 0.156. The number of fused-ring (bicyclic) bond motifs is 2. The Balaban J connectivity index is 1.45. The molecule has 1 aliphatic rings. The summed E-state index contributed by atoms with van der Waals surface area (Å²) in [4.78, 5) is 12.8. The van der Waals surface area contributed by atoms with Crippen LogP contribution in [0, 0.1) is 0 Å². The van der Waals surface area contributed by atoms with Gasteiger partial charge in [-0.15, -0.1) is 0 Å². The van der Waals surface area contributed by atoms with Gasteiger partial charge in [0.25, 0.3) is 0 Å². The van der Waals surface area contributed by atoms with Gasteiger partial charge >= 0.3 is 5.97 Å². The molecule has 0 N–H and O–H groups in total. The molecule has 0 atom stereocenters. The predicted octanol–water partition coefficient (Wildman–Crippen LogP) is 5.20. The van der Waals surface area contributed by atoms with Crippen LogP contribution in [0.5, 0.6) is 17.2 Å². The van der Waals surface area contributed by atoms with Crippen LogP contribution in [-0.4, -0.2) is 19.2 Å². The van der Waals surface area contributed by atoms with Crippen LogP contribution in [0.25, 0.3) is 0 Å². The quantitative estimate of drug-likeness (QED) is 0.451. The fourth-order valence-corrected chi connectivity index (χ4v) is 3.21. The molecule has 4 nitrogen and oxygen atoms in total. The molecule has 0 radical (unpaired) electrons. The minimum Gasteiger partial charge on any atom is -0.490 e. The number of hydrogen-bond acceptors (Lipinski definition) is 4. The van der Waals surface area contributed by atoms with E-state index in [9.17, 15) is 4.79 Å². The molecule has 0 unspecified atom stereocenters. The zero-order valence-electron chi connectivity index (χ0n) is 14.4. The molecule has 0 saturated heterocycles. The number of para-hydroxylation sites is 2. The van der Waals surface area contributed by atoms with Crippen molar-refractivity contribution < 1.29 is 19.0 Å². The number of carbonyl (C=O) groups is 1. The molecule has 3 aromatic rings. The summed E-state index contributed by atoms with van der Waals surface area (Å²) in [6.07, 6.45) is 0. The first-order valence-electron chi connectivity index (χ1n) is 8.63. The maximum atomic E-state index is 12.8. The minimum atomic E-state index is -0.512. The van der Waals surface area contributed by atoms with E-state index in [0.717, 1.165) is 11.1 Å². The van der Waals surface area contributed by atoms with Gasteiger partial charge in [0, 0.05) is 16.1 Å². The third-order valence-electron chi connectivity index (χ3n) is 4.33. The second-order valence-electron chi connectivity index (χ2n) is 6.08. The lowest BCUT2D eigenvalue weighted by Crippen LogP contribution is -2.23. The third kappa shape index (κ3) is 3.76. The first kappa shape index (κ1) is 17.4. The molecule has 4 rings (SSSR count). The largest absolute Gasteiger partial charge is 0.490 e. The summed E-state index contributed by atoms with van der Waals surface area (Å²) >= 11 is 5.85. The molecule has 0 amide bonds. The Kier molecular flexibility index (Phi) is 4.99. The van der Waals surface area contributed by atoms with Crippen LogP contribution in [-0.2, 0) is 9.53 Å². The lowest BCUT2D eigenvalue weighted by atomic mass is 9.88. The molecule has 1 aliphatic heterocycles. The Hall–Kier alpha value is -2.98. The lowest BCUT2D eigenvalue weighted by Gasteiger charge is -2.26. The van der Waals surface area contributed by atoms with Gasteiger partial charge in [-0.05, 0) is 36.4 Å². The molecule has 5 heteroatoms. The summed E-state index contributed by atoms with van der Waals surface area (Å²) in [7, 11) is 0. The summed E-state index contributed by atoms with van der Waals surface area (Å²) in [5.41, 5.74) is 1.61. The molecule has 0 saturated carbocycles. The van der Waals surface area contributed by atoms with E-state index in [2.05, 4.69) is 0 Å². The predicted molar refractivity (Wildman–Crippen MR) is 103 cm³/mol. The number of ether oxygens (including phenoxy) is 3. The summed E-state index contributed by atoms with van der Waals surface area (Å²) in [6, 6.07) is 22.1. The van der Waals surface area contributed by atoms with E-state index in [0.29, 0.717) is 22.3 Å². The van der Waals surface area contributed by atoms with Crippen molar-refractivity contribution in [2.45, 2.75) is 5.92 Å². The molecule has 0 bridgehead atoms. The number of esters is 1. The first-order valence-corrected chi connectivity index (χ1v) is 9.01. The van der Waals surface area contributed by atoms with Gasteiger partial charge in [-0.3, -0.25) is 4.79 Å². The zero-order valence-corrected chi connectivity index (χ0v) is 15.2. The summed E-state index contributed by atoms with van der Waals surface area (Å²) in [5.74, 6) is 1.20. The Morgan fingerprint density at radius 2 is 1.44 bits per heavy atom. The number of rotatable bonds is 5. The molecule has 0 aromatic heterocycles. The highest BCUT2D eigenvalue weighted by Crippen LogP contribution is 2.44. The van der Waals surface area contributed by atoms with Gasteiger partial charge in [0.2, 0.25) is 0 Å². The van der Waals surface area contributed by atoms with E-state index in [1.165, 1.54) is 0 Å². The van der Waals surface area contributed by atoms with Crippen molar-refractivity contribution in [2.75, 3.05) is 13.2 Å². The van der Waals surface area contributed by atoms with Crippen LogP contribution in [0.15, 0.2) is 72.8 Å². The van der Waals surface area contributed by atoms with E-state index in [1.807, 2.05) is 48.5 Å². The highest BCUT2D eigenvalue weighted by molar-refractivity contribution is 6.30. The van der Waals surface area contributed by atoms with Gasteiger partial charge < -0.3 is 14.2 Å². The Morgan fingerprint density at radius 1 is 0.852 bits per heavy atom. The summed E-state index contributed by atoms with van der Waals surface area (Å²) in [5, 5.41) is 0.644. The average molecular weight is 381 g/mol. The van der Waals surface area contributed by atoms with Crippen LogP contribution in [0.4, 0.5) is 0 Å². The number of benzene rings is 3. The van der Waals surface area contributed by atoms with E-state index in [1.54, 1.807) is 24.3 Å². The van der Waals surface area contributed by atoms with Crippen LogP contribution in [0.2, 0.25) is 5.02 Å². The highest BCUT2D eigenvalue weighted by atomic mass is 35.5. The van der Waals surface area contributed by atoms with Gasteiger partial charge in [0.1, 0.15) is 36.4 Å². The van der Waals surface area contributed by atoms with E-state index >= 15 is 0 Å². The molecule has 136 valence electrons. The van der Waals surface area contributed by atoms with E-state index < -0.39 is 5.92 Å². The molecular weight excluding hydrogens is 364 g/mol. The zero-order chi connectivity index (χ0) is 18.6. The third-order valence-corrected chi connectivity index (χ3v) is 4.58. The number of carbonyl (C=O) groups excluding carboxylic acids is 1. The standard InChI is InChI=1S/C22H17ClO4/c23-15-9-11-16(12-10-15)25-13-14-26-22(24)21-17-5-1-3-7-19(17)27-20-8-4-2-6-18(20)21/h1-12,21H,13-14H2. The molecule has 0 fully saturated rings. The lowest BCUT2D eigenvalue weighted by molar-refractivity contribution is -0.145. The average Bonchev–Trinajstić information content (AvgIpc) is 2.70. The topological polar surface area (TPSA) is 44.8 Å². The summed E-state index contributed by atoms with van der Waals surface area (Å²) < 4.78 is 17.0. The van der Waals surface area contributed by atoms with Gasteiger partial charge in [-0.1, -0.05) is 48.0 Å². The second kappa shape index (κ2) is 7.72. The molecule has 27 heavy (non-hydrogen) atoms. The van der Waals surface area contributed by atoms with Gasteiger partial charge in [-0.2, -0.15) is 0 Å². The smallest absolute Gasteiger partial charge is 0.318 e.